The van der Waals surface area contributed by atoms with Crippen LogP contribution in [-0.4, -0.2) is 28.7 Å². The molecule has 0 spiro atoms. The van der Waals surface area contributed by atoms with Gasteiger partial charge in [0.2, 0.25) is 0 Å². The smallest absolute Gasteiger partial charge is 0.282 e. The zero-order valence-corrected chi connectivity index (χ0v) is 12.2. The van der Waals surface area contributed by atoms with E-state index in [9.17, 15) is 8.78 Å². The molecule has 0 aliphatic carbocycles. The molecule has 21 heavy (non-hydrogen) atoms. The second-order valence-electron chi connectivity index (χ2n) is 5.18. The zero-order chi connectivity index (χ0) is 15.5. The van der Waals surface area contributed by atoms with Crippen LogP contribution in [0.4, 0.5) is 8.78 Å². The van der Waals surface area contributed by atoms with Gasteiger partial charge in [-0.25, -0.2) is 8.78 Å². The molecule has 1 aromatic carbocycles. The number of aliphatic hydroxyl groups excluding tert-OH is 1. The van der Waals surface area contributed by atoms with Gasteiger partial charge in [-0.05, 0) is 37.6 Å². The summed E-state index contributed by atoms with van der Waals surface area (Å²) in [6.07, 6.45) is 0. The summed E-state index contributed by atoms with van der Waals surface area (Å²) in [4.78, 5) is 0. The van der Waals surface area contributed by atoms with E-state index in [2.05, 4.69) is 9.88 Å². The van der Waals surface area contributed by atoms with E-state index in [0.29, 0.717) is 6.54 Å². The van der Waals surface area contributed by atoms with Crippen LogP contribution in [0.15, 0.2) is 36.4 Å². The Morgan fingerprint density at radius 3 is 2.48 bits per heavy atom. The molecule has 0 aliphatic rings. The number of halogens is 2. The van der Waals surface area contributed by atoms with E-state index in [1.807, 2.05) is 50.2 Å². The Morgan fingerprint density at radius 1 is 1.19 bits per heavy atom. The van der Waals surface area contributed by atoms with Crippen molar-refractivity contribution in [3.8, 4) is 5.69 Å². The molecule has 2 rings (SSSR count). The molecule has 0 aliphatic heterocycles. The van der Waals surface area contributed by atoms with Crippen LogP contribution < -0.4 is 5.32 Å². The van der Waals surface area contributed by atoms with Crippen molar-refractivity contribution in [2.45, 2.75) is 26.3 Å². The lowest BCUT2D eigenvalue weighted by Gasteiger charge is -2.14. The molecule has 2 N–H and O–H groups in total. The maximum atomic E-state index is 13.0. The Labute approximate surface area is 123 Å². The van der Waals surface area contributed by atoms with E-state index in [0.717, 1.165) is 22.6 Å². The van der Waals surface area contributed by atoms with Crippen molar-refractivity contribution in [3.05, 3.63) is 53.3 Å². The van der Waals surface area contributed by atoms with Gasteiger partial charge in [-0.1, -0.05) is 18.2 Å². The topological polar surface area (TPSA) is 37.2 Å². The van der Waals surface area contributed by atoms with Gasteiger partial charge in [0.25, 0.3) is 5.92 Å². The van der Waals surface area contributed by atoms with E-state index in [4.69, 9.17) is 5.11 Å². The lowest BCUT2D eigenvalue weighted by Crippen LogP contribution is -2.35. The molecule has 2 aromatic rings. The second kappa shape index (κ2) is 6.37. The van der Waals surface area contributed by atoms with E-state index < -0.39 is 19.1 Å². The average molecular weight is 294 g/mol. The lowest BCUT2D eigenvalue weighted by molar-refractivity contribution is -0.0477. The average Bonchev–Trinajstić information content (AvgIpc) is 2.74. The number of aryl methyl sites for hydroxylation is 1. The van der Waals surface area contributed by atoms with Crippen LogP contribution in [0.2, 0.25) is 0 Å². The van der Waals surface area contributed by atoms with E-state index >= 15 is 0 Å². The molecule has 0 unspecified atom stereocenters. The van der Waals surface area contributed by atoms with Crippen LogP contribution in [0, 0.1) is 13.8 Å². The highest BCUT2D eigenvalue weighted by Crippen LogP contribution is 2.20. The summed E-state index contributed by atoms with van der Waals surface area (Å²) in [6, 6.07) is 11.9. The fourth-order valence-corrected chi connectivity index (χ4v) is 2.42. The number of para-hydroxylation sites is 1. The first-order valence-corrected chi connectivity index (χ1v) is 6.87. The van der Waals surface area contributed by atoms with Crippen molar-refractivity contribution in [1.82, 2.24) is 9.88 Å². The Morgan fingerprint density at radius 2 is 1.86 bits per heavy atom. The SMILES string of the molecule is Cc1cc(CNCC(F)(F)CO)c(C)n1-c1ccccc1. The summed E-state index contributed by atoms with van der Waals surface area (Å²) in [5.41, 5.74) is 4.12. The van der Waals surface area contributed by atoms with Crippen molar-refractivity contribution < 1.29 is 13.9 Å². The highest BCUT2D eigenvalue weighted by atomic mass is 19.3. The summed E-state index contributed by atoms with van der Waals surface area (Å²) < 4.78 is 28.1. The number of nitrogens with one attached hydrogen (secondary N) is 1. The van der Waals surface area contributed by atoms with Crippen LogP contribution in [-0.2, 0) is 6.54 Å². The van der Waals surface area contributed by atoms with Crippen molar-refractivity contribution in [1.29, 1.82) is 0 Å². The normalized spacial score (nSPS) is 11.9. The number of alkyl halides is 2. The summed E-state index contributed by atoms with van der Waals surface area (Å²) in [5.74, 6) is -3.08. The third-order valence-corrected chi connectivity index (χ3v) is 3.48. The number of rotatable bonds is 6. The predicted molar refractivity (Wildman–Crippen MR) is 79.0 cm³/mol. The Bertz CT molecular complexity index is 594. The standard InChI is InChI=1S/C16H20F2N2O/c1-12-8-14(9-19-10-16(17,18)11-21)13(2)20(12)15-6-4-3-5-7-15/h3-8,19,21H,9-11H2,1-2H3. The van der Waals surface area contributed by atoms with E-state index in [-0.39, 0.29) is 0 Å². The van der Waals surface area contributed by atoms with Crippen LogP contribution >= 0.6 is 0 Å². The monoisotopic (exact) mass is 294 g/mol. The quantitative estimate of drug-likeness (QED) is 0.859. The number of aromatic nitrogens is 1. The third kappa shape index (κ3) is 3.68. The minimum atomic E-state index is -3.08. The van der Waals surface area contributed by atoms with Crippen LogP contribution in [0.3, 0.4) is 0 Å². The maximum Gasteiger partial charge on any atom is 0.282 e. The van der Waals surface area contributed by atoms with E-state index in [1.165, 1.54) is 0 Å². The molecule has 1 heterocycles. The zero-order valence-electron chi connectivity index (χ0n) is 12.2. The van der Waals surface area contributed by atoms with Gasteiger partial charge in [-0.3, -0.25) is 0 Å². The summed E-state index contributed by atoms with van der Waals surface area (Å²) in [7, 11) is 0. The fraction of sp³-hybridized carbons (Fsp3) is 0.375. The van der Waals surface area contributed by atoms with Gasteiger partial charge in [0, 0.05) is 23.6 Å². The van der Waals surface area contributed by atoms with Crippen LogP contribution in [0.25, 0.3) is 5.69 Å². The van der Waals surface area contributed by atoms with Crippen LogP contribution in [0.5, 0.6) is 0 Å². The van der Waals surface area contributed by atoms with Crippen molar-refractivity contribution in [3.63, 3.8) is 0 Å². The highest BCUT2D eigenvalue weighted by molar-refractivity contribution is 5.40. The van der Waals surface area contributed by atoms with E-state index in [1.54, 1.807) is 0 Å². The molecular weight excluding hydrogens is 274 g/mol. The number of aliphatic hydroxyl groups is 1. The molecule has 0 bridgehead atoms. The highest BCUT2D eigenvalue weighted by Gasteiger charge is 2.26. The summed E-state index contributed by atoms with van der Waals surface area (Å²) >= 11 is 0. The van der Waals surface area contributed by atoms with Gasteiger partial charge in [0.05, 0.1) is 6.54 Å². The number of hydrogen-bond acceptors (Lipinski definition) is 2. The molecule has 0 fully saturated rings. The Hall–Kier alpha value is -1.72. The number of hydrogen-bond donors (Lipinski definition) is 2. The first kappa shape index (κ1) is 15.7. The Balaban J connectivity index is 2.13. The number of benzene rings is 1. The minimum absolute atomic E-state index is 0.349. The largest absolute Gasteiger partial charge is 0.390 e. The van der Waals surface area contributed by atoms with Crippen molar-refractivity contribution in [2.75, 3.05) is 13.2 Å². The molecular formula is C16H20F2N2O. The van der Waals surface area contributed by atoms with Gasteiger partial charge < -0.3 is 15.0 Å². The molecule has 0 saturated carbocycles. The van der Waals surface area contributed by atoms with Crippen molar-refractivity contribution >= 4 is 0 Å². The van der Waals surface area contributed by atoms with Gasteiger partial charge in [-0.2, -0.15) is 0 Å². The first-order chi connectivity index (χ1) is 9.94. The van der Waals surface area contributed by atoms with Gasteiger partial charge in [-0.15, -0.1) is 0 Å². The minimum Gasteiger partial charge on any atom is -0.390 e. The van der Waals surface area contributed by atoms with Gasteiger partial charge in [0.15, 0.2) is 0 Å². The molecule has 0 amide bonds. The Kier molecular flexibility index (Phi) is 4.75. The molecule has 114 valence electrons. The molecule has 1 aromatic heterocycles. The maximum absolute atomic E-state index is 13.0. The third-order valence-electron chi connectivity index (χ3n) is 3.48. The fourth-order valence-electron chi connectivity index (χ4n) is 2.42. The lowest BCUT2D eigenvalue weighted by atomic mass is 10.2. The molecule has 0 saturated heterocycles. The van der Waals surface area contributed by atoms with Gasteiger partial charge >= 0.3 is 0 Å². The molecule has 0 atom stereocenters. The number of nitrogens with zero attached hydrogens (tertiary/aromatic N) is 1. The van der Waals surface area contributed by atoms with Crippen LogP contribution in [0.1, 0.15) is 17.0 Å². The second-order valence-corrected chi connectivity index (χ2v) is 5.18. The molecule has 5 heteroatoms. The summed E-state index contributed by atoms with van der Waals surface area (Å²) in [6.45, 7) is 2.65. The van der Waals surface area contributed by atoms with Crippen molar-refractivity contribution in [2.24, 2.45) is 0 Å². The summed E-state index contributed by atoms with van der Waals surface area (Å²) in [5, 5.41) is 11.3. The predicted octanol–water partition coefficient (Wildman–Crippen LogP) is 2.81. The molecule has 0 radical (unpaired) electrons. The van der Waals surface area contributed by atoms with Gasteiger partial charge in [0.1, 0.15) is 6.61 Å². The first-order valence-electron chi connectivity index (χ1n) is 6.87. The molecule has 3 nitrogen and oxygen atoms in total.